The molecule has 35 heavy (non-hydrogen) atoms. The van der Waals surface area contributed by atoms with Crippen molar-refractivity contribution in [2.75, 3.05) is 31.1 Å². The predicted octanol–water partition coefficient (Wildman–Crippen LogP) is 4.28. The van der Waals surface area contributed by atoms with Crippen molar-refractivity contribution >= 4 is 40.7 Å². The van der Waals surface area contributed by atoms with Gasteiger partial charge in [0, 0.05) is 37.9 Å². The Morgan fingerprint density at radius 1 is 0.914 bits per heavy atom. The van der Waals surface area contributed by atoms with E-state index in [9.17, 15) is 14.4 Å². The van der Waals surface area contributed by atoms with Gasteiger partial charge in [0.2, 0.25) is 0 Å². The number of anilines is 1. The van der Waals surface area contributed by atoms with Crippen molar-refractivity contribution in [1.29, 1.82) is 0 Å². The zero-order valence-corrected chi connectivity index (χ0v) is 19.9. The molecule has 2 aromatic carbocycles. The SMILES string of the molecule is O=C(c1cccc(C=C2SC(=O)N(Cc3ccccc3)C2=O)c1)N1CCN(c2ccccn2)CC1. The number of rotatable bonds is 5. The van der Waals surface area contributed by atoms with Crippen LogP contribution in [0.4, 0.5) is 10.6 Å². The molecule has 3 amide bonds. The zero-order chi connectivity index (χ0) is 24.2. The van der Waals surface area contributed by atoms with Crippen LogP contribution in [0.15, 0.2) is 83.9 Å². The minimum absolute atomic E-state index is 0.0434. The lowest BCUT2D eigenvalue weighted by Gasteiger charge is -2.35. The Morgan fingerprint density at radius 3 is 2.43 bits per heavy atom. The average molecular weight is 485 g/mol. The second-order valence-electron chi connectivity index (χ2n) is 8.35. The summed E-state index contributed by atoms with van der Waals surface area (Å²) < 4.78 is 0. The number of piperazine rings is 1. The third kappa shape index (κ3) is 5.12. The second-order valence-corrected chi connectivity index (χ2v) is 9.34. The molecule has 7 nitrogen and oxygen atoms in total. The van der Waals surface area contributed by atoms with Gasteiger partial charge in [-0.25, -0.2) is 4.98 Å². The van der Waals surface area contributed by atoms with Crippen molar-refractivity contribution in [2.45, 2.75) is 6.54 Å². The van der Waals surface area contributed by atoms with Gasteiger partial charge in [0.25, 0.3) is 17.1 Å². The van der Waals surface area contributed by atoms with Crippen LogP contribution in [0.5, 0.6) is 0 Å². The number of benzene rings is 2. The van der Waals surface area contributed by atoms with Gasteiger partial charge in [0.1, 0.15) is 5.82 Å². The van der Waals surface area contributed by atoms with Crippen LogP contribution in [0.25, 0.3) is 6.08 Å². The molecule has 3 aromatic rings. The molecule has 0 N–H and O–H groups in total. The van der Waals surface area contributed by atoms with E-state index in [4.69, 9.17) is 0 Å². The average Bonchev–Trinajstić information content (AvgIpc) is 3.17. The molecule has 5 rings (SSSR count). The first-order chi connectivity index (χ1) is 17.1. The van der Waals surface area contributed by atoms with Gasteiger partial charge in [0.05, 0.1) is 11.4 Å². The van der Waals surface area contributed by atoms with Crippen LogP contribution < -0.4 is 4.90 Å². The molecule has 0 aliphatic carbocycles. The summed E-state index contributed by atoms with van der Waals surface area (Å²) in [7, 11) is 0. The van der Waals surface area contributed by atoms with Crippen molar-refractivity contribution in [3.63, 3.8) is 0 Å². The number of pyridine rings is 1. The molecule has 2 saturated heterocycles. The first-order valence-electron chi connectivity index (χ1n) is 11.4. The molecule has 3 heterocycles. The van der Waals surface area contributed by atoms with E-state index in [-0.39, 0.29) is 23.6 Å². The van der Waals surface area contributed by atoms with E-state index in [1.54, 1.807) is 30.5 Å². The maximum absolute atomic E-state index is 13.1. The summed E-state index contributed by atoms with van der Waals surface area (Å²) in [5.41, 5.74) is 2.17. The Balaban J connectivity index is 1.25. The fraction of sp³-hybridized carbons (Fsp3) is 0.185. The summed E-state index contributed by atoms with van der Waals surface area (Å²) in [5, 5.41) is -0.289. The Labute approximate surface area is 208 Å². The lowest BCUT2D eigenvalue weighted by molar-refractivity contribution is -0.123. The van der Waals surface area contributed by atoms with Crippen molar-refractivity contribution in [2.24, 2.45) is 0 Å². The lowest BCUT2D eigenvalue weighted by Crippen LogP contribution is -2.49. The number of aromatic nitrogens is 1. The molecule has 0 unspecified atom stereocenters. The summed E-state index contributed by atoms with van der Waals surface area (Å²) in [4.78, 5) is 48.5. The number of thioether (sulfide) groups is 1. The van der Waals surface area contributed by atoms with E-state index in [1.807, 2.05) is 59.5 Å². The van der Waals surface area contributed by atoms with Crippen LogP contribution in [0.1, 0.15) is 21.5 Å². The molecule has 0 atom stereocenters. The molecule has 2 fully saturated rings. The summed E-state index contributed by atoms with van der Waals surface area (Å²) in [6.07, 6.45) is 3.46. The van der Waals surface area contributed by atoms with Crippen LogP contribution in [0, 0.1) is 0 Å². The summed E-state index contributed by atoms with van der Waals surface area (Å²) in [6.45, 7) is 2.90. The molecule has 0 radical (unpaired) electrons. The highest BCUT2D eigenvalue weighted by Gasteiger charge is 2.35. The molecule has 0 spiro atoms. The van der Waals surface area contributed by atoms with Crippen molar-refractivity contribution < 1.29 is 14.4 Å². The molecular formula is C27H24N4O3S. The van der Waals surface area contributed by atoms with Crippen molar-refractivity contribution in [1.82, 2.24) is 14.8 Å². The van der Waals surface area contributed by atoms with Gasteiger partial charge in [-0.2, -0.15) is 0 Å². The summed E-state index contributed by atoms with van der Waals surface area (Å²) in [5.74, 6) is 0.562. The van der Waals surface area contributed by atoms with Gasteiger partial charge in [0.15, 0.2) is 0 Å². The van der Waals surface area contributed by atoms with E-state index < -0.39 is 0 Å². The number of amides is 3. The quantitative estimate of drug-likeness (QED) is 0.504. The van der Waals surface area contributed by atoms with Crippen molar-refractivity contribution in [3.05, 3.63) is 101 Å². The highest BCUT2D eigenvalue weighted by atomic mass is 32.2. The van der Waals surface area contributed by atoms with E-state index in [1.165, 1.54) is 4.90 Å². The fourth-order valence-electron chi connectivity index (χ4n) is 4.18. The predicted molar refractivity (Wildman–Crippen MR) is 137 cm³/mol. The number of carbonyl (C=O) groups is 3. The number of carbonyl (C=O) groups excluding carboxylic acids is 3. The van der Waals surface area contributed by atoms with E-state index in [0.717, 1.165) is 36.2 Å². The van der Waals surface area contributed by atoms with Gasteiger partial charge in [-0.15, -0.1) is 0 Å². The van der Waals surface area contributed by atoms with Gasteiger partial charge in [-0.1, -0.05) is 48.5 Å². The lowest BCUT2D eigenvalue weighted by atomic mass is 10.1. The molecular weight excluding hydrogens is 460 g/mol. The van der Waals surface area contributed by atoms with Crippen LogP contribution >= 0.6 is 11.8 Å². The third-order valence-electron chi connectivity index (χ3n) is 6.03. The molecule has 8 heteroatoms. The second kappa shape index (κ2) is 10.1. The molecule has 176 valence electrons. The fourth-order valence-corrected chi connectivity index (χ4v) is 5.02. The van der Waals surface area contributed by atoms with Crippen LogP contribution in [0.3, 0.4) is 0 Å². The zero-order valence-electron chi connectivity index (χ0n) is 19.0. The Morgan fingerprint density at radius 2 is 1.69 bits per heavy atom. The van der Waals surface area contributed by atoms with Gasteiger partial charge < -0.3 is 9.80 Å². The molecule has 1 aromatic heterocycles. The number of imide groups is 1. The summed E-state index contributed by atoms with van der Waals surface area (Å²) in [6, 6.07) is 22.5. The van der Waals surface area contributed by atoms with Crippen molar-refractivity contribution in [3.8, 4) is 0 Å². The van der Waals surface area contributed by atoms with E-state index >= 15 is 0 Å². The number of hydrogen-bond acceptors (Lipinski definition) is 6. The van der Waals surface area contributed by atoms with E-state index in [2.05, 4.69) is 9.88 Å². The number of nitrogens with zero attached hydrogens (tertiary/aromatic N) is 4. The van der Waals surface area contributed by atoms with E-state index in [0.29, 0.717) is 29.1 Å². The first-order valence-corrected chi connectivity index (χ1v) is 12.2. The molecule has 0 saturated carbocycles. The normalized spacial score (nSPS) is 17.4. The minimum atomic E-state index is -0.314. The number of hydrogen-bond donors (Lipinski definition) is 0. The van der Waals surface area contributed by atoms with Gasteiger partial charge in [-0.3, -0.25) is 19.3 Å². The third-order valence-corrected chi connectivity index (χ3v) is 6.94. The minimum Gasteiger partial charge on any atom is -0.353 e. The topological polar surface area (TPSA) is 73.8 Å². The maximum Gasteiger partial charge on any atom is 0.293 e. The van der Waals surface area contributed by atoms with Crippen LogP contribution in [-0.4, -0.2) is 58.0 Å². The first kappa shape index (κ1) is 22.9. The monoisotopic (exact) mass is 484 g/mol. The summed E-state index contributed by atoms with van der Waals surface area (Å²) >= 11 is 0.928. The smallest absolute Gasteiger partial charge is 0.293 e. The van der Waals surface area contributed by atoms with Crippen LogP contribution in [0.2, 0.25) is 0 Å². The molecule has 2 aliphatic heterocycles. The Hall–Kier alpha value is -3.91. The highest BCUT2D eigenvalue weighted by Crippen LogP contribution is 2.33. The standard InChI is InChI=1S/C27H24N4O3S/c32-25(30-15-13-29(14-16-30)24-11-4-5-12-28-24)22-10-6-9-21(17-22)18-23-26(33)31(27(34)35-23)19-20-7-2-1-3-8-20/h1-12,17-18H,13-16,19H2. The Kier molecular flexibility index (Phi) is 6.63. The largest absolute Gasteiger partial charge is 0.353 e. The maximum atomic E-state index is 13.1. The van der Waals surface area contributed by atoms with Gasteiger partial charge in [-0.05, 0) is 53.2 Å². The highest BCUT2D eigenvalue weighted by molar-refractivity contribution is 8.18. The Bertz CT molecular complexity index is 1270. The molecule has 0 bridgehead atoms. The van der Waals surface area contributed by atoms with Crippen LogP contribution in [-0.2, 0) is 11.3 Å². The van der Waals surface area contributed by atoms with Gasteiger partial charge >= 0.3 is 0 Å². The molecule has 2 aliphatic rings.